The summed E-state index contributed by atoms with van der Waals surface area (Å²) >= 11 is 0. The number of carbonyl (C=O) groups excluding carboxylic acids is 2. The maximum atomic E-state index is 11.1. The minimum absolute atomic E-state index is 0.705. The Morgan fingerprint density at radius 3 is 2.33 bits per heavy atom. The van der Waals surface area contributed by atoms with E-state index in [1.807, 2.05) is 5.32 Å². The first-order valence-electron chi connectivity index (χ1n) is 4.27. The molecule has 86 valence electrons. The van der Waals surface area contributed by atoms with Gasteiger partial charge in [0.2, 0.25) is 0 Å². The molecular formula is C8H14N2O5. The van der Waals surface area contributed by atoms with Gasteiger partial charge in [0.25, 0.3) is 0 Å². The van der Waals surface area contributed by atoms with Crippen molar-refractivity contribution in [3.05, 3.63) is 4.91 Å². The number of aliphatic hydroxyl groups excluding tert-OH is 1. The molecule has 7 heteroatoms. The van der Waals surface area contributed by atoms with Crippen molar-refractivity contribution in [2.45, 2.75) is 32.4 Å². The Balaban J connectivity index is 4.25. The number of nitrogens with one attached hydrogen (secondary N) is 1. The smallest absolute Gasteiger partial charge is 0.408 e. The molecule has 1 atom stereocenters. The fraction of sp³-hybridized carbons (Fsp3) is 0.750. The van der Waals surface area contributed by atoms with Crippen LogP contribution in [0.2, 0.25) is 0 Å². The molecule has 0 fully saturated rings. The van der Waals surface area contributed by atoms with Crippen molar-refractivity contribution in [1.29, 1.82) is 0 Å². The molecule has 0 aliphatic carbocycles. The van der Waals surface area contributed by atoms with E-state index in [1.165, 1.54) is 0 Å². The summed E-state index contributed by atoms with van der Waals surface area (Å²) < 4.78 is 4.81. The largest absolute Gasteiger partial charge is 0.444 e. The lowest BCUT2D eigenvalue weighted by atomic mass is 10.2. The maximum absolute atomic E-state index is 11.1. The normalized spacial score (nSPS) is 12.8. The van der Waals surface area contributed by atoms with E-state index < -0.39 is 30.3 Å². The van der Waals surface area contributed by atoms with Crippen LogP contribution in [0.15, 0.2) is 5.18 Å². The predicted molar refractivity (Wildman–Crippen MR) is 51.0 cm³/mol. The lowest BCUT2D eigenvalue weighted by molar-refractivity contribution is -0.120. The molecular weight excluding hydrogens is 204 g/mol. The van der Waals surface area contributed by atoms with Gasteiger partial charge in [-0.1, -0.05) is 0 Å². The molecule has 0 bridgehead atoms. The minimum atomic E-state index is -1.35. The molecule has 0 saturated carbocycles. The highest BCUT2D eigenvalue weighted by atomic mass is 16.6. The zero-order chi connectivity index (χ0) is 12.1. The van der Waals surface area contributed by atoms with E-state index in [0.29, 0.717) is 0 Å². The predicted octanol–water partition coefficient (Wildman–Crippen LogP) is 0.165. The van der Waals surface area contributed by atoms with Crippen LogP contribution in [0.4, 0.5) is 4.79 Å². The van der Waals surface area contributed by atoms with Gasteiger partial charge in [-0.2, -0.15) is 0 Å². The SMILES string of the molecule is CC(C)(C)OC(=O)NC(CO)C(=O)N=O. The third-order valence-electron chi connectivity index (χ3n) is 1.26. The van der Waals surface area contributed by atoms with Gasteiger partial charge in [0.15, 0.2) is 0 Å². The number of alkyl carbamates (subject to hydrolysis) is 1. The van der Waals surface area contributed by atoms with Gasteiger partial charge in [-0.05, 0) is 20.8 Å². The summed E-state index contributed by atoms with van der Waals surface area (Å²) in [4.78, 5) is 31.7. The van der Waals surface area contributed by atoms with Gasteiger partial charge in [0.1, 0.15) is 11.6 Å². The third-order valence-corrected chi connectivity index (χ3v) is 1.26. The van der Waals surface area contributed by atoms with Crippen LogP contribution in [0.1, 0.15) is 20.8 Å². The van der Waals surface area contributed by atoms with Crippen LogP contribution in [-0.2, 0) is 9.53 Å². The first-order chi connectivity index (χ1) is 6.80. The molecule has 2 amide bonds. The second-order valence-corrected chi connectivity index (χ2v) is 3.81. The van der Waals surface area contributed by atoms with E-state index in [0.717, 1.165) is 0 Å². The topological polar surface area (TPSA) is 105 Å². The summed E-state index contributed by atoms with van der Waals surface area (Å²) in [6, 6.07) is -1.35. The van der Waals surface area contributed by atoms with E-state index in [4.69, 9.17) is 9.84 Å². The van der Waals surface area contributed by atoms with Crippen molar-refractivity contribution < 1.29 is 19.4 Å². The van der Waals surface area contributed by atoms with Crippen molar-refractivity contribution in [2.75, 3.05) is 6.61 Å². The van der Waals surface area contributed by atoms with Gasteiger partial charge in [0.05, 0.1) is 6.61 Å². The molecule has 2 N–H and O–H groups in total. The summed E-state index contributed by atoms with van der Waals surface area (Å²) in [6.45, 7) is 4.21. The van der Waals surface area contributed by atoms with Gasteiger partial charge in [-0.15, -0.1) is 4.91 Å². The van der Waals surface area contributed by atoms with Crippen LogP contribution in [-0.4, -0.2) is 35.4 Å². The minimum Gasteiger partial charge on any atom is -0.444 e. The monoisotopic (exact) mass is 218 g/mol. The molecule has 0 aliphatic heterocycles. The van der Waals surface area contributed by atoms with Crippen molar-refractivity contribution in [2.24, 2.45) is 5.18 Å². The number of nitrogens with zero attached hydrogens (tertiary/aromatic N) is 1. The molecule has 7 nitrogen and oxygen atoms in total. The Morgan fingerprint density at radius 1 is 1.47 bits per heavy atom. The summed E-state index contributed by atoms with van der Waals surface area (Å²) in [5.74, 6) is -1.15. The molecule has 1 unspecified atom stereocenters. The maximum Gasteiger partial charge on any atom is 0.408 e. The van der Waals surface area contributed by atoms with Gasteiger partial charge in [0, 0.05) is 5.18 Å². The van der Waals surface area contributed by atoms with Crippen LogP contribution in [0, 0.1) is 4.91 Å². The summed E-state index contributed by atoms with van der Waals surface area (Å²) in [5.41, 5.74) is -0.720. The third kappa shape index (κ3) is 5.74. The summed E-state index contributed by atoms with van der Waals surface area (Å²) in [7, 11) is 0. The second kappa shape index (κ2) is 5.40. The number of rotatable bonds is 3. The average Bonchev–Trinajstić information content (AvgIpc) is 2.10. The fourth-order valence-electron chi connectivity index (χ4n) is 0.699. The highest BCUT2D eigenvalue weighted by Crippen LogP contribution is 2.06. The van der Waals surface area contributed by atoms with Crippen LogP contribution in [0.3, 0.4) is 0 Å². The van der Waals surface area contributed by atoms with Gasteiger partial charge in [-0.25, -0.2) is 4.79 Å². The average molecular weight is 218 g/mol. The van der Waals surface area contributed by atoms with Crippen molar-refractivity contribution in [3.8, 4) is 0 Å². The Kier molecular flexibility index (Phi) is 4.86. The number of ether oxygens (including phenoxy) is 1. The van der Waals surface area contributed by atoms with E-state index in [-0.39, 0.29) is 0 Å². The number of hydrogen-bond donors (Lipinski definition) is 2. The summed E-state index contributed by atoms with van der Waals surface area (Å²) in [6.07, 6.45) is -0.890. The van der Waals surface area contributed by atoms with Crippen molar-refractivity contribution in [3.63, 3.8) is 0 Å². The highest BCUT2D eigenvalue weighted by Gasteiger charge is 2.24. The lowest BCUT2D eigenvalue weighted by Gasteiger charge is -2.21. The van der Waals surface area contributed by atoms with Crippen LogP contribution in [0.25, 0.3) is 0 Å². The molecule has 0 aromatic carbocycles. The second-order valence-electron chi connectivity index (χ2n) is 3.81. The van der Waals surface area contributed by atoms with Crippen LogP contribution in [0.5, 0.6) is 0 Å². The Labute approximate surface area is 86.8 Å². The molecule has 0 aromatic heterocycles. The first-order valence-corrected chi connectivity index (χ1v) is 4.27. The van der Waals surface area contributed by atoms with Crippen molar-refractivity contribution >= 4 is 12.0 Å². The molecule has 0 aromatic rings. The zero-order valence-electron chi connectivity index (χ0n) is 8.81. The molecule has 15 heavy (non-hydrogen) atoms. The standard InChI is InChI=1S/C8H14N2O5/c1-8(2,3)15-7(13)9-5(4-11)6(12)10-14/h5,11H,4H2,1-3H3,(H,9,13). The first kappa shape index (κ1) is 13.5. The van der Waals surface area contributed by atoms with Crippen LogP contribution >= 0.6 is 0 Å². The molecule has 0 saturated heterocycles. The van der Waals surface area contributed by atoms with Gasteiger partial charge in [-0.3, -0.25) is 4.79 Å². The van der Waals surface area contributed by atoms with E-state index in [9.17, 15) is 14.5 Å². The fourth-order valence-corrected chi connectivity index (χ4v) is 0.699. The number of carbonyl (C=O) groups is 2. The Bertz CT molecular complexity index is 258. The molecule has 0 aliphatic rings. The van der Waals surface area contributed by atoms with E-state index in [2.05, 4.69) is 5.18 Å². The quantitative estimate of drug-likeness (QED) is 0.656. The van der Waals surface area contributed by atoms with Gasteiger partial charge >= 0.3 is 12.0 Å². The lowest BCUT2D eigenvalue weighted by Crippen LogP contribution is -2.44. The Hall–Kier alpha value is -1.50. The van der Waals surface area contributed by atoms with E-state index in [1.54, 1.807) is 20.8 Å². The summed E-state index contributed by atoms with van der Waals surface area (Å²) in [5, 5.41) is 12.8. The number of amides is 2. The zero-order valence-corrected chi connectivity index (χ0v) is 8.81. The van der Waals surface area contributed by atoms with Crippen LogP contribution < -0.4 is 5.32 Å². The number of nitroso groups, excluding NO2 is 1. The highest BCUT2D eigenvalue weighted by molar-refractivity contribution is 5.86. The molecule has 0 radical (unpaired) electrons. The van der Waals surface area contributed by atoms with E-state index >= 15 is 0 Å². The number of hydrogen-bond acceptors (Lipinski definition) is 5. The Morgan fingerprint density at radius 2 is 2.00 bits per heavy atom. The molecule has 0 rings (SSSR count). The number of aliphatic hydroxyl groups is 1. The van der Waals surface area contributed by atoms with Crippen molar-refractivity contribution in [1.82, 2.24) is 5.32 Å². The molecule has 0 spiro atoms. The molecule has 0 heterocycles. The van der Waals surface area contributed by atoms with Gasteiger partial charge < -0.3 is 15.2 Å².